The zero-order chi connectivity index (χ0) is 24.0. The van der Waals surface area contributed by atoms with E-state index in [0.29, 0.717) is 34.0 Å². The molecule has 2 N–H and O–H groups in total. The van der Waals surface area contributed by atoms with Crippen molar-refractivity contribution >= 4 is 27.3 Å². The van der Waals surface area contributed by atoms with Crippen LogP contribution in [0.2, 0.25) is 0 Å². The van der Waals surface area contributed by atoms with Crippen LogP contribution in [0.3, 0.4) is 0 Å². The molecule has 3 aromatic carbocycles. The molecule has 3 aromatic rings. The third-order valence-corrected chi connectivity index (χ3v) is 6.27. The molecule has 0 aliphatic heterocycles. The Labute approximate surface area is 192 Å². The molecule has 0 fully saturated rings. The largest absolute Gasteiger partial charge is 0.495 e. The molecule has 0 bridgehead atoms. The highest BCUT2D eigenvalue weighted by molar-refractivity contribution is 7.92. The van der Waals surface area contributed by atoms with Crippen LogP contribution in [0.15, 0.2) is 71.6 Å². The fourth-order valence-electron chi connectivity index (χ4n) is 3.01. The number of nitrogens with one attached hydrogen (secondary N) is 2. The van der Waals surface area contributed by atoms with Crippen molar-refractivity contribution in [2.45, 2.75) is 24.8 Å². The van der Waals surface area contributed by atoms with Gasteiger partial charge in [0.2, 0.25) is 0 Å². The minimum Gasteiger partial charge on any atom is -0.495 e. The van der Waals surface area contributed by atoms with Crippen LogP contribution in [0.25, 0.3) is 0 Å². The monoisotopic (exact) mass is 465 g/mol. The summed E-state index contributed by atoms with van der Waals surface area (Å²) in [7, 11) is -2.50. The van der Waals surface area contributed by atoms with Crippen molar-refractivity contribution in [3.8, 4) is 17.6 Å². The van der Waals surface area contributed by atoms with Crippen molar-refractivity contribution < 1.29 is 22.7 Å². The minimum atomic E-state index is -3.95. The first-order valence-corrected chi connectivity index (χ1v) is 11.5. The summed E-state index contributed by atoms with van der Waals surface area (Å²) in [5, 5.41) is 11.5. The summed E-state index contributed by atoms with van der Waals surface area (Å²) in [5.41, 5.74) is 1.60. The van der Waals surface area contributed by atoms with Gasteiger partial charge in [0, 0.05) is 5.69 Å². The Hall–Kier alpha value is -4.03. The lowest BCUT2D eigenvalue weighted by Gasteiger charge is -2.16. The highest BCUT2D eigenvalue weighted by atomic mass is 32.2. The average Bonchev–Trinajstić information content (AvgIpc) is 2.80. The number of methoxy groups -OCH3 is 1. The van der Waals surface area contributed by atoms with E-state index in [1.165, 1.54) is 13.2 Å². The molecule has 0 saturated heterocycles. The maximum absolute atomic E-state index is 13.0. The number of hydrogen-bond acceptors (Lipinski definition) is 6. The van der Waals surface area contributed by atoms with Crippen molar-refractivity contribution in [1.82, 2.24) is 0 Å². The normalized spacial score (nSPS) is 11.7. The van der Waals surface area contributed by atoms with Gasteiger partial charge in [0.05, 0.1) is 29.3 Å². The van der Waals surface area contributed by atoms with Crippen LogP contribution < -0.4 is 19.5 Å². The molecule has 0 spiro atoms. The predicted octanol–water partition coefficient (Wildman–Crippen LogP) is 4.08. The lowest BCUT2D eigenvalue weighted by molar-refractivity contribution is -0.122. The molecule has 1 unspecified atom stereocenters. The second-order valence-electron chi connectivity index (χ2n) is 7.17. The van der Waals surface area contributed by atoms with Gasteiger partial charge < -0.3 is 14.8 Å². The molecule has 0 aromatic heterocycles. The van der Waals surface area contributed by atoms with Gasteiger partial charge in [-0.2, -0.15) is 5.26 Å². The van der Waals surface area contributed by atoms with Gasteiger partial charge in [-0.25, -0.2) is 8.42 Å². The number of rotatable bonds is 8. The summed E-state index contributed by atoms with van der Waals surface area (Å²) in [5.74, 6) is 0.367. The molecule has 33 heavy (non-hydrogen) atoms. The SMILES string of the molecule is COc1ccccc1NS(=O)(=O)c1cc(NC(=O)C(C)Oc2ccc(C#N)cc2)ccc1C. The molecule has 8 nitrogen and oxygen atoms in total. The maximum Gasteiger partial charge on any atom is 0.265 e. The fraction of sp³-hybridized carbons (Fsp3) is 0.167. The van der Waals surface area contributed by atoms with Crippen molar-refractivity contribution in [1.29, 1.82) is 5.26 Å². The molecule has 0 radical (unpaired) electrons. The van der Waals surface area contributed by atoms with E-state index in [4.69, 9.17) is 14.7 Å². The molecule has 0 aliphatic carbocycles. The number of carbonyl (C=O) groups excluding carboxylic acids is 1. The van der Waals surface area contributed by atoms with E-state index in [1.807, 2.05) is 6.07 Å². The molecule has 9 heteroatoms. The first-order valence-electron chi connectivity index (χ1n) is 9.97. The molecule has 0 saturated carbocycles. The molecule has 0 aliphatic rings. The standard InChI is InChI=1S/C24H23N3O5S/c1-16-8-11-19(26-24(28)17(2)32-20-12-9-18(15-25)10-13-20)14-23(16)33(29,30)27-21-6-4-5-7-22(21)31-3/h4-14,17,27H,1-3H3,(H,26,28). The third-order valence-electron chi connectivity index (χ3n) is 4.76. The number of hydrogen-bond donors (Lipinski definition) is 2. The van der Waals surface area contributed by atoms with Crippen LogP contribution in [-0.2, 0) is 14.8 Å². The summed E-state index contributed by atoms with van der Waals surface area (Å²) < 4.78 is 39.4. The maximum atomic E-state index is 13.0. The lowest BCUT2D eigenvalue weighted by atomic mass is 10.2. The number of nitrogens with zero attached hydrogens (tertiary/aromatic N) is 1. The summed E-state index contributed by atoms with van der Waals surface area (Å²) in [6.45, 7) is 3.24. The molecule has 1 amide bonds. The highest BCUT2D eigenvalue weighted by Gasteiger charge is 2.21. The Morgan fingerprint density at radius 1 is 1.06 bits per heavy atom. The summed E-state index contributed by atoms with van der Waals surface area (Å²) in [4.78, 5) is 12.6. The van der Waals surface area contributed by atoms with E-state index >= 15 is 0 Å². The lowest BCUT2D eigenvalue weighted by Crippen LogP contribution is -2.30. The van der Waals surface area contributed by atoms with E-state index in [1.54, 1.807) is 74.5 Å². The second kappa shape index (κ2) is 10.1. The number of para-hydroxylation sites is 2. The summed E-state index contributed by atoms with van der Waals surface area (Å²) in [6.07, 6.45) is -0.856. The molecular formula is C24H23N3O5S. The number of ether oxygens (including phenoxy) is 2. The molecular weight excluding hydrogens is 442 g/mol. The van der Waals surface area contributed by atoms with Crippen LogP contribution in [0, 0.1) is 18.3 Å². The number of anilines is 2. The van der Waals surface area contributed by atoms with E-state index in [9.17, 15) is 13.2 Å². The van der Waals surface area contributed by atoms with Crippen LogP contribution in [0.4, 0.5) is 11.4 Å². The van der Waals surface area contributed by atoms with Crippen molar-refractivity contribution in [3.63, 3.8) is 0 Å². The number of nitriles is 1. The summed E-state index contributed by atoms with van der Waals surface area (Å²) >= 11 is 0. The highest BCUT2D eigenvalue weighted by Crippen LogP contribution is 2.28. The van der Waals surface area contributed by atoms with Crippen LogP contribution >= 0.6 is 0 Å². The van der Waals surface area contributed by atoms with E-state index in [0.717, 1.165) is 0 Å². The topological polar surface area (TPSA) is 118 Å². The zero-order valence-electron chi connectivity index (χ0n) is 18.3. The van der Waals surface area contributed by atoms with E-state index < -0.39 is 22.0 Å². The van der Waals surface area contributed by atoms with Crippen molar-refractivity contribution in [2.75, 3.05) is 17.1 Å². The Morgan fingerprint density at radius 2 is 1.76 bits per heavy atom. The Morgan fingerprint density at radius 3 is 2.42 bits per heavy atom. The fourth-order valence-corrected chi connectivity index (χ4v) is 4.35. The quantitative estimate of drug-likeness (QED) is 0.518. The van der Waals surface area contributed by atoms with Crippen LogP contribution in [0.1, 0.15) is 18.1 Å². The van der Waals surface area contributed by atoms with Gasteiger partial charge in [0.25, 0.3) is 15.9 Å². The van der Waals surface area contributed by atoms with E-state index in [-0.39, 0.29) is 4.90 Å². The number of carbonyl (C=O) groups is 1. The third kappa shape index (κ3) is 5.81. The predicted molar refractivity (Wildman–Crippen MR) is 125 cm³/mol. The first-order chi connectivity index (χ1) is 15.7. The van der Waals surface area contributed by atoms with Gasteiger partial charge >= 0.3 is 0 Å². The molecule has 1 atom stereocenters. The number of aryl methyl sites for hydroxylation is 1. The number of sulfonamides is 1. The second-order valence-corrected chi connectivity index (χ2v) is 8.82. The number of amides is 1. The van der Waals surface area contributed by atoms with Gasteiger partial charge in [-0.3, -0.25) is 9.52 Å². The van der Waals surface area contributed by atoms with Gasteiger partial charge in [-0.05, 0) is 67.9 Å². The number of benzene rings is 3. The molecule has 0 heterocycles. The Bertz CT molecular complexity index is 1300. The summed E-state index contributed by atoms with van der Waals surface area (Å²) in [6, 6.07) is 19.7. The zero-order valence-corrected chi connectivity index (χ0v) is 19.1. The average molecular weight is 466 g/mol. The van der Waals surface area contributed by atoms with E-state index in [2.05, 4.69) is 10.0 Å². The van der Waals surface area contributed by atoms with Crippen molar-refractivity contribution in [3.05, 3.63) is 77.9 Å². The van der Waals surface area contributed by atoms with Crippen LogP contribution in [-0.4, -0.2) is 27.5 Å². The van der Waals surface area contributed by atoms with Crippen LogP contribution in [0.5, 0.6) is 11.5 Å². The minimum absolute atomic E-state index is 0.0202. The Kier molecular flexibility index (Phi) is 7.20. The van der Waals surface area contributed by atoms with Gasteiger partial charge in [0.1, 0.15) is 11.5 Å². The van der Waals surface area contributed by atoms with Gasteiger partial charge in [-0.1, -0.05) is 18.2 Å². The first kappa shape index (κ1) is 23.6. The van der Waals surface area contributed by atoms with Crippen molar-refractivity contribution in [2.24, 2.45) is 0 Å². The van der Waals surface area contributed by atoms with Gasteiger partial charge in [0.15, 0.2) is 6.10 Å². The molecule has 170 valence electrons. The molecule has 3 rings (SSSR count). The van der Waals surface area contributed by atoms with Gasteiger partial charge in [-0.15, -0.1) is 0 Å². The smallest absolute Gasteiger partial charge is 0.265 e. The Balaban J connectivity index is 1.76.